The monoisotopic (exact) mass is 289 g/mol. The summed E-state index contributed by atoms with van der Waals surface area (Å²) in [5.41, 5.74) is 7.31. The second-order valence-corrected chi connectivity index (χ2v) is 5.50. The molecule has 0 spiro atoms. The van der Waals surface area contributed by atoms with Crippen molar-refractivity contribution in [2.75, 3.05) is 0 Å². The first-order valence-corrected chi connectivity index (χ1v) is 6.58. The zero-order chi connectivity index (χ0) is 12.6. The molecule has 0 saturated carbocycles. The minimum absolute atomic E-state index is 0.324. The molecule has 1 unspecified atom stereocenters. The van der Waals surface area contributed by atoms with Gasteiger partial charge in [-0.25, -0.2) is 4.39 Å². The Balaban J connectivity index is 2.48. The van der Waals surface area contributed by atoms with Gasteiger partial charge in [0.05, 0.1) is 11.1 Å². The summed E-state index contributed by atoms with van der Waals surface area (Å²) in [4.78, 5) is 0.833. The number of benzene rings is 1. The molecule has 1 atom stereocenters. The molecule has 0 amide bonds. The van der Waals surface area contributed by atoms with E-state index < -0.39 is 6.04 Å². The molecule has 0 radical (unpaired) electrons. The van der Waals surface area contributed by atoms with Crippen molar-refractivity contribution >= 4 is 34.5 Å². The van der Waals surface area contributed by atoms with Gasteiger partial charge in [0, 0.05) is 9.90 Å². The van der Waals surface area contributed by atoms with Crippen LogP contribution in [0.5, 0.6) is 0 Å². The molecule has 2 N–H and O–H groups in total. The first kappa shape index (κ1) is 12.8. The number of hydrogen-bond donors (Lipinski definition) is 1. The largest absolute Gasteiger partial charge is 0.320 e. The van der Waals surface area contributed by atoms with Crippen LogP contribution in [0.25, 0.3) is 0 Å². The molecule has 1 aromatic heterocycles. The number of rotatable bonds is 2. The van der Waals surface area contributed by atoms with Crippen molar-refractivity contribution in [1.29, 1.82) is 0 Å². The Morgan fingerprint density at radius 1 is 1.29 bits per heavy atom. The fourth-order valence-electron chi connectivity index (χ4n) is 1.59. The highest BCUT2D eigenvalue weighted by Gasteiger charge is 2.18. The van der Waals surface area contributed by atoms with Gasteiger partial charge in [-0.15, -0.1) is 11.3 Å². The zero-order valence-electron chi connectivity index (χ0n) is 9.01. The lowest BCUT2D eigenvalue weighted by Gasteiger charge is -2.14. The normalized spacial score (nSPS) is 12.8. The lowest BCUT2D eigenvalue weighted by atomic mass is 10.0. The summed E-state index contributed by atoms with van der Waals surface area (Å²) in [6, 6.07) is 4.31. The number of halogens is 3. The van der Waals surface area contributed by atoms with Crippen LogP contribution in [0.3, 0.4) is 0 Å². The molecule has 0 fully saturated rings. The van der Waals surface area contributed by atoms with Crippen molar-refractivity contribution < 1.29 is 4.39 Å². The second kappa shape index (κ2) is 4.94. The molecule has 5 heteroatoms. The highest BCUT2D eigenvalue weighted by Crippen LogP contribution is 2.35. The molecular formula is C12H10Cl2FNS. The maximum atomic E-state index is 13.3. The minimum Gasteiger partial charge on any atom is -0.320 e. The summed E-state index contributed by atoms with van der Waals surface area (Å²) in [6.07, 6.45) is 0. The first-order chi connectivity index (χ1) is 8.00. The molecule has 0 aliphatic rings. The van der Waals surface area contributed by atoms with E-state index >= 15 is 0 Å². The summed E-state index contributed by atoms with van der Waals surface area (Å²) in [5.74, 6) is -0.330. The van der Waals surface area contributed by atoms with Gasteiger partial charge < -0.3 is 5.73 Å². The predicted octanol–water partition coefficient (Wildman–Crippen LogP) is 4.55. The average molecular weight is 290 g/mol. The second-order valence-electron chi connectivity index (χ2n) is 3.73. The van der Waals surface area contributed by atoms with Crippen LogP contribution in [0.1, 0.15) is 22.0 Å². The minimum atomic E-state index is -0.422. The Morgan fingerprint density at radius 2 is 2.00 bits per heavy atom. The smallest absolute Gasteiger partial charge is 0.127 e. The molecule has 0 saturated heterocycles. The Bertz CT molecular complexity index is 553. The maximum Gasteiger partial charge on any atom is 0.127 e. The van der Waals surface area contributed by atoms with E-state index in [0.29, 0.717) is 21.2 Å². The fraction of sp³-hybridized carbons (Fsp3) is 0.167. The highest BCUT2D eigenvalue weighted by atomic mass is 35.5. The van der Waals surface area contributed by atoms with E-state index in [4.69, 9.17) is 28.9 Å². The van der Waals surface area contributed by atoms with Crippen LogP contribution >= 0.6 is 34.5 Å². The van der Waals surface area contributed by atoms with Crippen molar-refractivity contribution in [3.63, 3.8) is 0 Å². The van der Waals surface area contributed by atoms with Crippen molar-refractivity contribution in [3.05, 3.63) is 55.4 Å². The quantitative estimate of drug-likeness (QED) is 0.862. The Kier molecular flexibility index (Phi) is 3.73. The molecule has 2 aromatic rings. The Morgan fingerprint density at radius 3 is 2.59 bits per heavy atom. The van der Waals surface area contributed by atoms with Gasteiger partial charge >= 0.3 is 0 Å². The SMILES string of the molecule is Cc1cc(C(N)c2sccc2Cl)c(Cl)cc1F. The third-order valence-electron chi connectivity index (χ3n) is 2.54. The van der Waals surface area contributed by atoms with E-state index in [9.17, 15) is 4.39 Å². The summed E-state index contributed by atoms with van der Waals surface area (Å²) >= 11 is 13.5. The molecule has 1 nitrogen and oxygen atoms in total. The van der Waals surface area contributed by atoms with E-state index in [1.54, 1.807) is 19.1 Å². The fourth-order valence-corrected chi connectivity index (χ4v) is 3.05. The van der Waals surface area contributed by atoms with Crippen LogP contribution in [-0.2, 0) is 0 Å². The van der Waals surface area contributed by atoms with Crippen LogP contribution in [0.4, 0.5) is 4.39 Å². The van der Waals surface area contributed by atoms with Crippen LogP contribution < -0.4 is 5.73 Å². The predicted molar refractivity (Wildman–Crippen MR) is 71.5 cm³/mol. The number of thiophene rings is 1. The average Bonchev–Trinajstić information content (AvgIpc) is 2.69. The third kappa shape index (κ3) is 2.47. The van der Waals surface area contributed by atoms with Gasteiger partial charge in [-0.1, -0.05) is 23.2 Å². The first-order valence-electron chi connectivity index (χ1n) is 4.94. The molecule has 0 bridgehead atoms. The lowest BCUT2D eigenvalue weighted by molar-refractivity contribution is 0.617. The van der Waals surface area contributed by atoms with E-state index in [1.165, 1.54) is 17.4 Å². The van der Waals surface area contributed by atoms with Gasteiger partial charge in [-0.05, 0) is 41.6 Å². The molecule has 0 aliphatic carbocycles. The standard InChI is InChI=1S/C12H10Cl2FNS/c1-6-4-7(9(14)5-10(6)15)11(16)12-8(13)2-3-17-12/h2-5,11H,16H2,1H3. The van der Waals surface area contributed by atoms with Crippen molar-refractivity contribution in [2.45, 2.75) is 13.0 Å². The molecule has 2 rings (SSSR count). The van der Waals surface area contributed by atoms with Crippen molar-refractivity contribution in [3.8, 4) is 0 Å². The topological polar surface area (TPSA) is 26.0 Å². The molecule has 1 aromatic carbocycles. The third-order valence-corrected chi connectivity index (χ3v) is 4.31. The van der Waals surface area contributed by atoms with E-state index in [-0.39, 0.29) is 5.82 Å². The summed E-state index contributed by atoms with van der Waals surface area (Å²) in [5, 5.41) is 2.80. The van der Waals surface area contributed by atoms with Gasteiger partial charge in [-0.3, -0.25) is 0 Å². The summed E-state index contributed by atoms with van der Waals surface area (Å²) < 4.78 is 13.3. The van der Waals surface area contributed by atoms with E-state index in [0.717, 1.165) is 4.88 Å². The van der Waals surface area contributed by atoms with E-state index in [2.05, 4.69) is 0 Å². The number of aryl methyl sites for hydroxylation is 1. The van der Waals surface area contributed by atoms with Crippen LogP contribution in [0, 0.1) is 12.7 Å². The van der Waals surface area contributed by atoms with Crippen molar-refractivity contribution in [2.24, 2.45) is 5.73 Å². The molecule has 90 valence electrons. The Hall–Kier alpha value is -0.610. The molecule has 0 aliphatic heterocycles. The highest BCUT2D eigenvalue weighted by molar-refractivity contribution is 7.10. The van der Waals surface area contributed by atoms with Gasteiger partial charge in [0.15, 0.2) is 0 Å². The number of hydrogen-bond acceptors (Lipinski definition) is 2. The van der Waals surface area contributed by atoms with Crippen LogP contribution in [-0.4, -0.2) is 0 Å². The van der Waals surface area contributed by atoms with Crippen LogP contribution in [0.15, 0.2) is 23.6 Å². The van der Waals surface area contributed by atoms with Gasteiger partial charge in [0.25, 0.3) is 0 Å². The molecule has 17 heavy (non-hydrogen) atoms. The summed E-state index contributed by atoms with van der Waals surface area (Å²) in [7, 11) is 0. The van der Waals surface area contributed by atoms with Crippen molar-refractivity contribution in [1.82, 2.24) is 0 Å². The number of nitrogens with two attached hydrogens (primary N) is 1. The zero-order valence-corrected chi connectivity index (χ0v) is 11.3. The molecular weight excluding hydrogens is 280 g/mol. The maximum absolute atomic E-state index is 13.3. The lowest BCUT2D eigenvalue weighted by Crippen LogP contribution is -2.12. The van der Waals surface area contributed by atoms with Gasteiger partial charge in [0.2, 0.25) is 0 Å². The van der Waals surface area contributed by atoms with Gasteiger partial charge in [-0.2, -0.15) is 0 Å². The van der Waals surface area contributed by atoms with Crippen LogP contribution in [0.2, 0.25) is 10.0 Å². The van der Waals surface area contributed by atoms with E-state index in [1.807, 2.05) is 5.38 Å². The molecule has 1 heterocycles. The Labute approximate surface area is 113 Å². The van der Waals surface area contributed by atoms with Gasteiger partial charge in [0.1, 0.15) is 5.82 Å². The summed E-state index contributed by atoms with van der Waals surface area (Å²) in [6.45, 7) is 1.68.